The number of nitrogens with zero attached hydrogens (tertiary/aromatic N) is 1. The average Bonchev–Trinajstić information content (AvgIpc) is 3.93. The molecule has 63 heavy (non-hydrogen) atoms. The third-order valence-electron chi connectivity index (χ3n) is 12.9. The van der Waals surface area contributed by atoms with Crippen LogP contribution in [0.5, 0.6) is 0 Å². The summed E-state index contributed by atoms with van der Waals surface area (Å²) in [5.74, 6) is 0. The second-order valence-corrected chi connectivity index (χ2v) is 16.3. The SMILES string of the molecule is c1ccc(-c2ccccc2N(c2ccc3c4ccccc4c4ccccc4c4ccccc4c4c(ccc5c6ccccc6oc54)c3c2)c2cccc3c2oc2ccccc23)cc1. The van der Waals surface area contributed by atoms with E-state index in [0.717, 1.165) is 110 Å². The van der Waals surface area contributed by atoms with Crippen LogP contribution < -0.4 is 4.90 Å². The zero-order chi connectivity index (χ0) is 41.4. The molecule has 0 spiro atoms. The highest BCUT2D eigenvalue weighted by Crippen LogP contribution is 2.48. The number of rotatable bonds is 4. The van der Waals surface area contributed by atoms with E-state index < -0.39 is 0 Å². The van der Waals surface area contributed by atoms with Crippen molar-refractivity contribution in [3.05, 3.63) is 224 Å². The van der Waals surface area contributed by atoms with Gasteiger partial charge in [0.15, 0.2) is 5.58 Å². The van der Waals surface area contributed by atoms with Gasteiger partial charge in [-0.3, -0.25) is 0 Å². The lowest BCUT2D eigenvalue weighted by molar-refractivity contribution is 0.669. The fourth-order valence-electron chi connectivity index (χ4n) is 10.1. The van der Waals surface area contributed by atoms with Crippen LogP contribution >= 0.6 is 0 Å². The molecule has 13 aromatic rings. The number of furan rings is 2. The molecule has 0 saturated carbocycles. The quantitative estimate of drug-likeness (QED) is 0.177. The van der Waals surface area contributed by atoms with E-state index in [9.17, 15) is 0 Å². The Kier molecular flexibility index (Phi) is 7.91. The topological polar surface area (TPSA) is 29.5 Å². The molecular weight excluding hydrogens is 767 g/mol. The highest BCUT2D eigenvalue weighted by molar-refractivity contribution is 6.31. The van der Waals surface area contributed by atoms with Crippen molar-refractivity contribution in [2.24, 2.45) is 0 Å². The summed E-state index contributed by atoms with van der Waals surface area (Å²) in [7, 11) is 0. The second kappa shape index (κ2) is 14.1. The van der Waals surface area contributed by atoms with Crippen LogP contribution in [0, 0.1) is 0 Å². The molecule has 11 aromatic carbocycles. The van der Waals surface area contributed by atoms with E-state index in [-0.39, 0.29) is 0 Å². The summed E-state index contributed by atoms with van der Waals surface area (Å²) in [5, 5.41) is 15.8. The first-order valence-electron chi connectivity index (χ1n) is 21.5. The second-order valence-electron chi connectivity index (χ2n) is 16.3. The van der Waals surface area contributed by atoms with Crippen LogP contribution in [-0.4, -0.2) is 0 Å². The molecular formula is C60H37NO2. The van der Waals surface area contributed by atoms with E-state index in [0.29, 0.717) is 0 Å². The van der Waals surface area contributed by atoms with Gasteiger partial charge < -0.3 is 13.7 Å². The summed E-state index contributed by atoms with van der Waals surface area (Å²) in [6, 6.07) is 80.6. The number of anilines is 3. The number of fused-ring (bicyclic) bond motifs is 17. The molecule has 0 bridgehead atoms. The van der Waals surface area contributed by atoms with Gasteiger partial charge in [0, 0.05) is 38.2 Å². The highest BCUT2D eigenvalue weighted by Gasteiger charge is 2.23. The first-order chi connectivity index (χ1) is 31.3. The molecule has 3 nitrogen and oxygen atoms in total. The van der Waals surface area contributed by atoms with Crippen LogP contribution in [0.1, 0.15) is 0 Å². The van der Waals surface area contributed by atoms with Crippen molar-refractivity contribution in [1.82, 2.24) is 0 Å². The van der Waals surface area contributed by atoms with E-state index in [2.05, 4.69) is 223 Å². The Morgan fingerprint density at radius 3 is 1.37 bits per heavy atom. The van der Waals surface area contributed by atoms with Crippen molar-refractivity contribution < 1.29 is 8.83 Å². The van der Waals surface area contributed by atoms with Crippen LogP contribution in [0.3, 0.4) is 0 Å². The Hall–Kier alpha value is -8.40. The minimum atomic E-state index is 0.835. The maximum absolute atomic E-state index is 6.98. The maximum Gasteiger partial charge on any atom is 0.159 e. The molecule has 2 aromatic heterocycles. The number of hydrogen-bond acceptors (Lipinski definition) is 3. The van der Waals surface area contributed by atoms with Crippen molar-refractivity contribution in [3.8, 4) is 11.1 Å². The predicted octanol–water partition coefficient (Wildman–Crippen LogP) is 17.5. The maximum atomic E-state index is 6.98. The van der Waals surface area contributed by atoms with Gasteiger partial charge in [0.05, 0.1) is 11.4 Å². The molecule has 0 fully saturated rings. The Labute approximate surface area is 362 Å². The van der Waals surface area contributed by atoms with Gasteiger partial charge >= 0.3 is 0 Å². The van der Waals surface area contributed by atoms with E-state index in [1.807, 2.05) is 6.07 Å². The normalized spacial score (nSPS) is 11.8. The minimum absolute atomic E-state index is 0.835. The monoisotopic (exact) mass is 803 g/mol. The summed E-state index contributed by atoms with van der Waals surface area (Å²) in [6.07, 6.45) is 0. The molecule has 0 amide bonds. The zero-order valence-corrected chi connectivity index (χ0v) is 34.1. The Balaban J connectivity index is 1.25. The Morgan fingerprint density at radius 1 is 0.270 bits per heavy atom. The summed E-state index contributed by atoms with van der Waals surface area (Å²) in [6.45, 7) is 0. The smallest absolute Gasteiger partial charge is 0.159 e. The predicted molar refractivity (Wildman–Crippen MR) is 266 cm³/mol. The molecule has 294 valence electrons. The Morgan fingerprint density at radius 2 is 0.698 bits per heavy atom. The van der Waals surface area contributed by atoms with Gasteiger partial charge in [-0.2, -0.15) is 0 Å². The summed E-state index contributed by atoms with van der Waals surface area (Å²) in [5.41, 5.74) is 8.71. The molecule has 0 N–H and O–H groups in total. The molecule has 0 aliphatic carbocycles. The molecule has 0 saturated heterocycles. The van der Waals surface area contributed by atoms with Gasteiger partial charge in [0.2, 0.25) is 0 Å². The van der Waals surface area contributed by atoms with Crippen LogP contribution in [0.2, 0.25) is 0 Å². The zero-order valence-electron chi connectivity index (χ0n) is 34.1. The fraction of sp³-hybridized carbons (Fsp3) is 0. The molecule has 0 unspecified atom stereocenters. The largest absolute Gasteiger partial charge is 0.455 e. The van der Waals surface area contributed by atoms with Gasteiger partial charge in [-0.25, -0.2) is 0 Å². The highest BCUT2D eigenvalue weighted by atomic mass is 16.3. The van der Waals surface area contributed by atoms with E-state index in [1.54, 1.807) is 0 Å². The average molecular weight is 804 g/mol. The number of benzene rings is 10. The first-order valence-corrected chi connectivity index (χ1v) is 21.5. The number of para-hydroxylation sites is 4. The molecule has 0 aliphatic heterocycles. The lowest BCUT2D eigenvalue weighted by Crippen LogP contribution is -2.11. The van der Waals surface area contributed by atoms with Gasteiger partial charge in [-0.05, 0) is 96.5 Å². The molecule has 0 aliphatic rings. The van der Waals surface area contributed by atoms with Gasteiger partial charge in [-0.15, -0.1) is 0 Å². The summed E-state index contributed by atoms with van der Waals surface area (Å²) in [4.78, 5) is 2.39. The van der Waals surface area contributed by atoms with Crippen LogP contribution in [0.4, 0.5) is 17.1 Å². The van der Waals surface area contributed by atoms with Crippen LogP contribution in [-0.2, 0) is 0 Å². The van der Waals surface area contributed by atoms with Gasteiger partial charge in [0.25, 0.3) is 0 Å². The minimum Gasteiger partial charge on any atom is -0.455 e. The van der Waals surface area contributed by atoms with Crippen molar-refractivity contribution in [2.45, 2.75) is 0 Å². The standard InChI is InChI=1S/C60H37NO2/c1-2-17-38(18-3-1)40-19-10-13-29-54(40)61(55-30-16-28-51-47-25-11-14-31-56(47)62-59(51)55)39-33-34-46-44-23-7-5-21-42(44)41-20-4-6-22-43(41)45-24-8-9-27-49(45)58-50(53(46)37-39)35-36-52-48-26-12-15-32-57(48)63-60(52)58/h1-37H. The fourth-order valence-corrected chi connectivity index (χ4v) is 10.1. The van der Waals surface area contributed by atoms with E-state index in [4.69, 9.17) is 8.83 Å². The third-order valence-corrected chi connectivity index (χ3v) is 12.9. The number of hydrogen-bond donors (Lipinski definition) is 0. The lowest BCUT2D eigenvalue weighted by atomic mass is 9.93. The molecule has 0 atom stereocenters. The van der Waals surface area contributed by atoms with Crippen LogP contribution in [0.15, 0.2) is 233 Å². The molecule has 3 heteroatoms. The summed E-state index contributed by atoms with van der Waals surface area (Å²) >= 11 is 0. The third kappa shape index (κ3) is 5.46. The van der Waals surface area contributed by atoms with Crippen molar-refractivity contribution >= 4 is 115 Å². The van der Waals surface area contributed by atoms with Gasteiger partial charge in [-0.1, -0.05) is 182 Å². The summed E-state index contributed by atoms with van der Waals surface area (Å²) < 4.78 is 13.8. The van der Waals surface area contributed by atoms with E-state index >= 15 is 0 Å². The van der Waals surface area contributed by atoms with E-state index in [1.165, 1.54) is 16.2 Å². The van der Waals surface area contributed by atoms with Crippen molar-refractivity contribution in [1.29, 1.82) is 0 Å². The molecule has 2 heterocycles. The Bertz CT molecular complexity index is 4050. The van der Waals surface area contributed by atoms with Gasteiger partial charge in [0.1, 0.15) is 16.7 Å². The molecule has 13 rings (SSSR count). The lowest BCUT2D eigenvalue weighted by Gasteiger charge is -2.28. The van der Waals surface area contributed by atoms with Crippen molar-refractivity contribution in [2.75, 3.05) is 4.90 Å². The van der Waals surface area contributed by atoms with Crippen LogP contribution in [0.25, 0.3) is 109 Å². The first kappa shape index (κ1) is 35.4. The molecule has 0 radical (unpaired) electrons. The van der Waals surface area contributed by atoms with Crippen molar-refractivity contribution in [3.63, 3.8) is 0 Å².